The third-order valence-corrected chi connectivity index (χ3v) is 4.11. The molecule has 138 valence electrons. The Hall–Kier alpha value is -3.22. The van der Waals surface area contributed by atoms with Crippen LogP contribution in [0.2, 0.25) is 0 Å². The van der Waals surface area contributed by atoms with Crippen LogP contribution in [0.3, 0.4) is 0 Å². The summed E-state index contributed by atoms with van der Waals surface area (Å²) in [7, 11) is 1.65. The van der Waals surface area contributed by atoms with Crippen LogP contribution in [0.15, 0.2) is 60.7 Å². The number of hydrogen-bond acceptors (Lipinski definition) is 5. The van der Waals surface area contributed by atoms with Gasteiger partial charge in [-0.25, -0.2) is 5.48 Å². The first-order valence-electron chi connectivity index (χ1n) is 8.53. The molecule has 0 fully saturated rings. The molecule has 0 saturated heterocycles. The van der Waals surface area contributed by atoms with Gasteiger partial charge in [-0.15, -0.1) is 0 Å². The van der Waals surface area contributed by atoms with E-state index in [4.69, 9.17) is 9.94 Å². The fraction of sp³-hybridized carbons (Fsp3) is 0.143. The van der Waals surface area contributed by atoms with Crippen molar-refractivity contribution < 1.29 is 14.7 Å². The summed E-state index contributed by atoms with van der Waals surface area (Å²) in [5, 5.41) is 12.9. The first-order valence-corrected chi connectivity index (χ1v) is 8.53. The average molecular weight is 363 g/mol. The predicted molar refractivity (Wildman–Crippen MR) is 104 cm³/mol. The number of carbonyl (C=O) groups is 1. The van der Waals surface area contributed by atoms with E-state index in [-0.39, 0.29) is 0 Å². The lowest BCUT2D eigenvalue weighted by molar-refractivity contribution is -0.124. The summed E-state index contributed by atoms with van der Waals surface area (Å²) in [5.41, 5.74) is 5.49. The number of pyridine rings is 1. The van der Waals surface area contributed by atoms with Crippen LogP contribution in [-0.2, 0) is 17.9 Å². The Balaban J connectivity index is 1.55. The van der Waals surface area contributed by atoms with Crippen LogP contribution in [0.4, 0.5) is 0 Å². The van der Waals surface area contributed by atoms with E-state index >= 15 is 0 Å². The molecule has 1 amide bonds. The summed E-state index contributed by atoms with van der Waals surface area (Å²) in [6, 6.07) is 17.7. The number of nitrogens with one attached hydrogen (secondary N) is 2. The van der Waals surface area contributed by atoms with Crippen molar-refractivity contribution in [3.8, 4) is 5.75 Å². The minimum Gasteiger partial charge on any atom is -0.497 e. The molecule has 0 bridgehead atoms. The molecule has 6 heteroatoms. The van der Waals surface area contributed by atoms with Crippen LogP contribution in [0.1, 0.15) is 16.8 Å². The number of hydrogen-bond donors (Lipinski definition) is 3. The van der Waals surface area contributed by atoms with Gasteiger partial charge in [0, 0.05) is 24.6 Å². The fourth-order valence-corrected chi connectivity index (χ4v) is 2.66. The summed E-state index contributed by atoms with van der Waals surface area (Å²) in [6.45, 7) is 1.38. The maximum Gasteiger partial charge on any atom is 0.267 e. The van der Waals surface area contributed by atoms with Crippen molar-refractivity contribution in [1.29, 1.82) is 0 Å². The summed E-state index contributed by atoms with van der Waals surface area (Å²) in [4.78, 5) is 15.6. The van der Waals surface area contributed by atoms with E-state index in [1.165, 1.54) is 6.08 Å². The lowest BCUT2D eigenvalue weighted by Gasteiger charge is -2.07. The second kappa shape index (κ2) is 8.93. The molecule has 6 nitrogen and oxygen atoms in total. The van der Waals surface area contributed by atoms with E-state index in [2.05, 4.69) is 10.3 Å². The number of methoxy groups -OCH3 is 1. The minimum absolute atomic E-state index is 0.554. The molecule has 3 N–H and O–H groups in total. The van der Waals surface area contributed by atoms with Crippen LogP contribution in [-0.4, -0.2) is 23.2 Å². The highest BCUT2D eigenvalue weighted by atomic mass is 16.5. The van der Waals surface area contributed by atoms with Crippen molar-refractivity contribution in [3.63, 3.8) is 0 Å². The van der Waals surface area contributed by atoms with E-state index in [9.17, 15) is 4.79 Å². The summed E-state index contributed by atoms with van der Waals surface area (Å²) in [5.74, 6) is 0.271. The Morgan fingerprint density at radius 2 is 1.93 bits per heavy atom. The normalized spacial score (nSPS) is 11.0. The highest BCUT2D eigenvalue weighted by Gasteiger charge is 2.01. The minimum atomic E-state index is -0.554. The number of benzene rings is 2. The summed E-state index contributed by atoms with van der Waals surface area (Å²) in [6.07, 6.45) is 2.91. The van der Waals surface area contributed by atoms with Gasteiger partial charge in [-0.05, 0) is 41.5 Å². The monoisotopic (exact) mass is 363 g/mol. The van der Waals surface area contributed by atoms with Gasteiger partial charge in [0.15, 0.2) is 0 Å². The molecule has 0 aliphatic heterocycles. The van der Waals surface area contributed by atoms with Crippen molar-refractivity contribution in [2.45, 2.75) is 13.1 Å². The Bertz CT molecular complexity index is 953. The van der Waals surface area contributed by atoms with Crippen molar-refractivity contribution in [2.75, 3.05) is 7.11 Å². The third-order valence-electron chi connectivity index (χ3n) is 4.11. The molecule has 0 saturated carbocycles. The smallest absolute Gasteiger partial charge is 0.267 e. The molecule has 3 rings (SSSR count). The van der Waals surface area contributed by atoms with E-state index < -0.39 is 5.91 Å². The lowest BCUT2D eigenvalue weighted by atomic mass is 10.1. The maximum absolute atomic E-state index is 11.0. The van der Waals surface area contributed by atoms with Gasteiger partial charge in [0.2, 0.25) is 0 Å². The van der Waals surface area contributed by atoms with Crippen LogP contribution in [0.25, 0.3) is 17.0 Å². The zero-order valence-electron chi connectivity index (χ0n) is 15.0. The number of nitrogens with zero attached hydrogens (tertiary/aromatic N) is 1. The standard InChI is InChI=1S/C21H21N3O3/c1-27-19-9-10-20-17(12-19)7-8-18(23-20)14-22-13-16-4-2-15(3-5-16)6-11-21(25)24-26/h2-12,22,26H,13-14H2,1H3,(H,24,25)/b11-6+. The van der Waals surface area contributed by atoms with Gasteiger partial charge in [0.25, 0.3) is 5.91 Å². The second-order valence-corrected chi connectivity index (χ2v) is 6.02. The molecular weight excluding hydrogens is 342 g/mol. The van der Waals surface area contributed by atoms with Crippen LogP contribution in [0.5, 0.6) is 5.75 Å². The number of amides is 1. The number of ether oxygens (including phenoxy) is 1. The number of fused-ring (bicyclic) bond motifs is 1. The number of carbonyl (C=O) groups excluding carboxylic acids is 1. The molecule has 0 aliphatic carbocycles. The van der Waals surface area contributed by atoms with Gasteiger partial charge in [-0.1, -0.05) is 30.3 Å². The Morgan fingerprint density at radius 1 is 1.11 bits per heavy atom. The molecule has 1 aromatic heterocycles. The Labute approximate surface area is 157 Å². The zero-order chi connectivity index (χ0) is 19.1. The van der Waals surface area contributed by atoms with Gasteiger partial charge >= 0.3 is 0 Å². The molecule has 0 unspecified atom stereocenters. The Kier molecular flexibility index (Phi) is 6.14. The Morgan fingerprint density at radius 3 is 2.67 bits per heavy atom. The van der Waals surface area contributed by atoms with Gasteiger partial charge in [-0.3, -0.25) is 15.0 Å². The highest BCUT2D eigenvalue weighted by molar-refractivity contribution is 5.90. The summed E-state index contributed by atoms with van der Waals surface area (Å²) < 4.78 is 5.23. The summed E-state index contributed by atoms with van der Waals surface area (Å²) >= 11 is 0. The van der Waals surface area contributed by atoms with Gasteiger partial charge in [0.1, 0.15) is 5.75 Å². The van der Waals surface area contributed by atoms with Crippen molar-refractivity contribution in [3.05, 3.63) is 77.5 Å². The molecule has 0 atom stereocenters. The average Bonchev–Trinajstić information content (AvgIpc) is 2.72. The molecule has 27 heavy (non-hydrogen) atoms. The fourth-order valence-electron chi connectivity index (χ4n) is 2.66. The number of aromatic nitrogens is 1. The van der Waals surface area contributed by atoms with Crippen LogP contribution < -0.4 is 15.5 Å². The molecule has 3 aromatic rings. The molecular formula is C21H21N3O3. The van der Waals surface area contributed by atoms with Gasteiger partial charge < -0.3 is 10.1 Å². The van der Waals surface area contributed by atoms with Gasteiger partial charge in [0.05, 0.1) is 18.3 Å². The molecule has 0 aliphatic rings. The van der Waals surface area contributed by atoms with E-state index in [0.29, 0.717) is 13.1 Å². The SMILES string of the molecule is COc1ccc2nc(CNCc3ccc(/C=C/C(=O)NO)cc3)ccc2c1. The quantitative estimate of drug-likeness (QED) is 0.341. The molecule has 0 spiro atoms. The second-order valence-electron chi connectivity index (χ2n) is 6.02. The number of rotatable bonds is 7. The van der Waals surface area contributed by atoms with E-state index in [1.807, 2.05) is 54.6 Å². The predicted octanol–water partition coefficient (Wildman–Crippen LogP) is 3.05. The highest BCUT2D eigenvalue weighted by Crippen LogP contribution is 2.19. The molecule has 2 aromatic carbocycles. The van der Waals surface area contributed by atoms with Crippen LogP contribution in [0, 0.1) is 0 Å². The zero-order valence-corrected chi connectivity index (χ0v) is 15.0. The lowest BCUT2D eigenvalue weighted by Crippen LogP contribution is -2.14. The maximum atomic E-state index is 11.0. The van der Waals surface area contributed by atoms with Crippen molar-refractivity contribution in [1.82, 2.24) is 15.8 Å². The largest absolute Gasteiger partial charge is 0.497 e. The first kappa shape index (κ1) is 18.6. The van der Waals surface area contributed by atoms with Gasteiger partial charge in [-0.2, -0.15) is 0 Å². The molecule has 1 heterocycles. The third kappa shape index (κ3) is 5.13. The topological polar surface area (TPSA) is 83.5 Å². The van der Waals surface area contributed by atoms with Crippen molar-refractivity contribution in [2.24, 2.45) is 0 Å². The van der Waals surface area contributed by atoms with E-state index in [1.54, 1.807) is 18.7 Å². The number of hydroxylamine groups is 1. The molecule has 0 radical (unpaired) electrons. The first-order chi connectivity index (χ1) is 13.2. The van der Waals surface area contributed by atoms with Crippen molar-refractivity contribution >= 4 is 22.9 Å². The van der Waals surface area contributed by atoms with Crippen LogP contribution >= 0.6 is 0 Å². The van der Waals surface area contributed by atoms with E-state index in [0.717, 1.165) is 33.5 Å².